The molecular formula is C25H20FN3O3S. The number of fused-ring (bicyclic) bond motifs is 1. The van der Waals surface area contributed by atoms with Gasteiger partial charge >= 0.3 is 0 Å². The van der Waals surface area contributed by atoms with Crippen molar-refractivity contribution in [1.82, 2.24) is 14.5 Å². The molecule has 0 aliphatic carbocycles. The number of thiazole rings is 1. The first-order valence-corrected chi connectivity index (χ1v) is 11.0. The van der Waals surface area contributed by atoms with Gasteiger partial charge in [-0.2, -0.15) is 0 Å². The van der Waals surface area contributed by atoms with Crippen molar-refractivity contribution in [3.8, 4) is 39.0 Å². The van der Waals surface area contributed by atoms with Crippen molar-refractivity contribution in [2.75, 3.05) is 14.2 Å². The van der Waals surface area contributed by atoms with Crippen LogP contribution < -0.4 is 9.47 Å². The number of hydrogen-bond donors (Lipinski definition) is 1. The highest BCUT2D eigenvalue weighted by Crippen LogP contribution is 2.37. The molecule has 0 aliphatic heterocycles. The van der Waals surface area contributed by atoms with Crippen LogP contribution in [-0.4, -0.2) is 33.9 Å². The Hall–Kier alpha value is -3.75. The second kappa shape index (κ2) is 8.65. The number of benzene rings is 3. The molecule has 0 amide bonds. The zero-order chi connectivity index (χ0) is 22.9. The molecule has 0 fully saturated rings. The number of ether oxygens (including phenoxy) is 2. The van der Waals surface area contributed by atoms with Gasteiger partial charge in [-0.05, 0) is 60.2 Å². The molecule has 0 saturated heterocycles. The highest BCUT2D eigenvalue weighted by Gasteiger charge is 2.14. The average molecular weight is 462 g/mol. The molecule has 2 heterocycles. The fourth-order valence-corrected chi connectivity index (χ4v) is 4.77. The fourth-order valence-electron chi connectivity index (χ4n) is 3.72. The first-order valence-electron chi connectivity index (χ1n) is 10.2. The first-order chi connectivity index (χ1) is 16.1. The average Bonchev–Trinajstić information content (AvgIpc) is 3.51. The summed E-state index contributed by atoms with van der Waals surface area (Å²) in [6, 6.07) is 16.4. The number of aliphatic hydroxyl groups excluding tert-OH is 1. The summed E-state index contributed by atoms with van der Waals surface area (Å²) in [6.45, 7) is -0.0684. The Morgan fingerprint density at radius 3 is 2.45 bits per heavy atom. The molecule has 166 valence electrons. The van der Waals surface area contributed by atoms with Crippen LogP contribution in [-0.2, 0) is 6.61 Å². The van der Waals surface area contributed by atoms with Crippen LogP contribution in [0.15, 0.2) is 67.1 Å². The number of rotatable bonds is 6. The zero-order valence-electron chi connectivity index (χ0n) is 17.9. The van der Waals surface area contributed by atoms with Crippen LogP contribution >= 0.6 is 11.3 Å². The second-order valence-electron chi connectivity index (χ2n) is 7.37. The van der Waals surface area contributed by atoms with E-state index in [-0.39, 0.29) is 12.4 Å². The molecule has 3 aromatic carbocycles. The number of aliphatic hydroxyl groups is 1. The van der Waals surface area contributed by atoms with Crippen LogP contribution in [0, 0.1) is 5.82 Å². The van der Waals surface area contributed by atoms with E-state index in [2.05, 4.69) is 4.98 Å². The molecule has 0 saturated carbocycles. The number of methoxy groups -OCH3 is 2. The first kappa shape index (κ1) is 21.1. The summed E-state index contributed by atoms with van der Waals surface area (Å²) in [4.78, 5) is 9.03. The molecule has 0 atom stereocenters. The molecule has 33 heavy (non-hydrogen) atoms. The van der Waals surface area contributed by atoms with Crippen molar-refractivity contribution in [2.45, 2.75) is 6.61 Å². The van der Waals surface area contributed by atoms with Gasteiger partial charge in [-0.1, -0.05) is 0 Å². The van der Waals surface area contributed by atoms with Crippen LogP contribution in [0.4, 0.5) is 4.39 Å². The lowest BCUT2D eigenvalue weighted by atomic mass is 10.1. The van der Waals surface area contributed by atoms with Gasteiger partial charge in [0.15, 0.2) is 11.6 Å². The fraction of sp³-hybridized carbons (Fsp3) is 0.120. The van der Waals surface area contributed by atoms with Gasteiger partial charge in [-0.25, -0.2) is 14.4 Å². The van der Waals surface area contributed by atoms with Crippen LogP contribution in [0.2, 0.25) is 0 Å². The van der Waals surface area contributed by atoms with E-state index in [9.17, 15) is 9.50 Å². The summed E-state index contributed by atoms with van der Waals surface area (Å²) < 4.78 is 27.3. The summed E-state index contributed by atoms with van der Waals surface area (Å²) in [6.07, 6.45) is 3.46. The Morgan fingerprint density at radius 1 is 0.970 bits per heavy atom. The summed E-state index contributed by atoms with van der Waals surface area (Å²) in [5.41, 5.74) is 5.06. The Kier molecular flexibility index (Phi) is 5.53. The molecule has 1 N–H and O–H groups in total. The van der Waals surface area contributed by atoms with Crippen molar-refractivity contribution >= 4 is 21.6 Å². The van der Waals surface area contributed by atoms with E-state index in [4.69, 9.17) is 14.5 Å². The lowest BCUT2D eigenvalue weighted by Crippen LogP contribution is -1.96. The topological polar surface area (TPSA) is 69.4 Å². The van der Waals surface area contributed by atoms with E-state index in [1.807, 2.05) is 41.0 Å². The number of imidazole rings is 1. The van der Waals surface area contributed by atoms with Crippen LogP contribution in [0.1, 0.15) is 5.56 Å². The lowest BCUT2D eigenvalue weighted by Gasteiger charge is -2.10. The van der Waals surface area contributed by atoms with Crippen LogP contribution in [0.3, 0.4) is 0 Å². The summed E-state index contributed by atoms with van der Waals surface area (Å²) in [5, 5.41) is 10.4. The summed E-state index contributed by atoms with van der Waals surface area (Å²) >= 11 is 1.54. The van der Waals surface area contributed by atoms with E-state index < -0.39 is 5.82 Å². The largest absolute Gasteiger partial charge is 0.495 e. The van der Waals surface area contributed by atoms with Crippen LogP contribution in [0.5, 0.6) is 11.5 Å². The van der Waals surface area contributed by atoms with Crippen molar-refractivity contribution in [3.63, 3.8) is 0 Å². The number of hydrogen-bond acceptors (Lipinski definition) is 6. The van der Waals surface area contributed by atoms with Crippen molar-refractivity contribution < 1.29 is 19.0 Å². The van der Waals surface area contributed by atoms with Crippen molar-refractivity contribution in [1.29, 1.82) is 0 Å². The minimum atomic E-state index is -0.407. The molecule has 0 unspecified atom stereocenters. The summed E-state index contributed by atoms with van der Waals surface area (Å²) in [5.74, 6) is 0.483. The minimum absolute atomic E-state index is 0.0684. The van der Waals surface area contributed by atoms with E-state index in [1.54, 1.807) is 43.1 Å². The molecule has 0 radical (unpaired) electrons. The third-order valence-corrected chi connectivity index (χ3v) is 6.53. The van der Waals surface area contributed by atoms with E-state index in [0.29, 0.717) is 5.75 Å². The maximum absolute atomic E-state index is 13.8. The van der Waals surface area contributed by atoms with Gasteiger partial charge in [0.1, 0.15) is 10.8 Å². The predicted octanol–water partition coefficient (Wildman–Crippen LogP) is 5.46. The third kappa shape index (κ3) is 3.83. The van der Waals surface area contributed by atoms with Crippen molar-refractivity contribution in [3.05, 3.63) is 78.5 Å². The normalized spacial score (nSPS) is 11.2. The van der Waals surface area contributed by atoms with Gasteiger partial charge in [0, 0.05) is 16.8 Å². The zero-order valence-corrected chi connectivity index (χ0v) is 18.8. The highest BCUT2D eigenvalue weighted by molar-refractivity contribution is 7.22. The monoisotopic (exact) mass is 461 g/mol. The van der Waals surface area contributed by atoms with E-state index in [1.165, 1.54) is 13.2 Å². The highest BCUT2D eigenvalue weighted by atomic mass is 32.1. The Bertz CT molecular complexity index is 1440. The van der Waals surface area contributed by atoms with Gasteiger partial charge in [0.25, 0.3) is 0 Å². The second-order valence-corrected chi connectivity index (χ2v) is 8.37. The SMILES string of the molecule is COc1cc(-c2cncn2-c2ccc(-c3nc4cc(CO)cc(OC)c4s3)cc2)ccc1F. The van der Waals surface area contributed by atoms with Crippen molar-refractivity contribution in [2.24, 2.45) is 0 Å². The maximum atomic E-state index is 13.8. The van der Waals surface area contributed by atoms with Gasteiger partial charge in [0.05, 0.1) is 49.3 Å². The molecule has 8 heteroatoms. The Balaban J connectivity index is 1.50. The minimum Gasteiger partial charge on any atom is -0.495 e. The molecular weight excluding hydrogens is 441 g/mol. The molecule has 0 bridgehead atoms. The molecule has 0 aliphatic rings. The molecule has 5 rings (SSSR count). The molecule has 2 aromatic heterocycles. The van der Waals surface area contributed by atoms with Gasteiger partial charge < -0.3 is 14.6 Å². The predicted molar refractivity (Wildman–Crippen MR) is 127 cm³/mol. The lowest BCUT2D eigenvalue weighted by molar-refractivity contribution is 0.281. The van der Waals surface area contributed by atoms with Gasteiger partial charge in [-0.15, -0.1) is 11.3 Å². The van der Waals surface area contributed by atoms with E-state index >= 15 is 0 Å². The molecule has 5 aromatic rings. The van der Waals surface area contributed by atoms with E-state index in [0.717, 1.165) is 43.3 Å². The number of halogens is 1. The van der Waals surface area contributed by atoms with Gasteiger partial charge in [0.2, 0.25) is 0 Å². The Morgan fingerprint density at radius 2 is 1.73 bits per heavy atom. The van der Waals surface area contributed by atoms with Crippen LogP contribution in [0.25, 0.3) is 37.7 Å². The third-order valence-electron chi connectivity index (χ3n) is 5.40. The number of nitrogens with zero attached hydrogens (tertiary/aromatic N) is 3. The molecule has 0 spiro atoms. The Labute approximate surface area is 193 Å². The standard InChI is InChI=1S/C25H20FN3O3S/c1-31-22-11-17(5-8-19(22)26)21-12-27-14-29(21)18-6-3-16(4-7-18)25-28-20-9-15(13-30)10-23(32-2)24(20)33-25/h3-12,14,30H,13H2,1-2H3. The maximum Gasteiger partial charge on any atom is 0.165 e. The quantitative estimate of drug-likeness (QED) is 0.363. The number of aromatic nitrogens is 3. The smallest absolute Gasteiger partial charge is 0.165 e. The molecule has 6 nitrogen and oxygen atoms in total. The summed E-state index contributed by atoms with van der Waals surface area (Å²) in [7, 11) is 3.06. The van der Waals surface area contributed by atoms with Gasteiger partial charge in [-0.3, -0.25) is 4.57 Å².